The van der Waals surface area contributed by atoms with Crippen LogP contribution in [0.25, 0.3) is 44.4 Å². The van der Waals surface area contributed by atoms with Crippen molar-refractivity contribution in [3.63, 3.8) is 0 Å². The summed E-state index contributed by atoms with van der Waals surface area (Å²) in [6, 6.07) is 21.2. The average molecular weight is 716 g/mol. The number of nitrogens with one attached hydrogen (secondary N) is 3. The first-order valence-electron chi connectivity index (χ1n) is 18.4. The van der Waals surface area contributed by atoms with Gasteiger partial charge in [-0.2, -0.15) is 0 Å². The van der Waals surface area contributed by atoms with E-state index in [4.69, 9.17) is 9.72 Å². The van der Waals surface area contributed by atoms with Crippen molar-refractivity contribution < 1.29 is 23.9 Å². The molecule has 5 aromatic rings. The van der Waals surface area contributed by atoms with E-state index in [2.05, 4.69) is 85.7 Å². The number of nitrogens with zero attached hydrogens (tertiary/aromatic N) is 4. The predicted molar refractivity (Wildman–Crippen MR) is 201 cm³/mol. The number of ether oxygens (including phenoxy) is 2. The van der Waals surface area contributed by atoms with Gasteiger partial charge in [0.2, 0.25) is 5.91 Å². The Morgan fingerprint density at radius 3 is 2.21 bits per heavy atom. The standard InChI is InChI=1S/C41H45N7O5/c1-41(2,3)53-40(51)48-31-16-15-30(20-31)36(48)38-43-21-32(46-38)25-9-7-24(8-10-25)26-11-12-28-19-29(14-13-27(28)18-26)33-22-42-37(45-33)34-6-5-17-47(34)35(49)23-44-39(50)52-4/h7-14,18-19,21-22,30-31,34,36H,5-6,15-17,20,23H2,1-4H3,(H,42,45)(H,43,46)(H,44,50)/t30-,31+,34-,36-/m0/s1. The molecular weight excluding hydrogens is 670 g/mol. The Morgan fingerprint density at radius 2 is 1.47 bits per heavy atom. The van der Waals surface area contributed by atoms with E-state index in [1.165, 1.54) is 7.11 Å². The van der Waals surface area contributed by atoms with Crippen LogP contribution in [0.2, 0.25) is 0 Å². The van der Waals surface area contributed by atoms with Gasteiger partial charge in [-0.05, 0) is 98.4 Å². The molecule has 0 unspecified atom stereocenters. The zero-order chi connectivity index (χ0) is 36.9. The molecule has 8 rings (SSSR count). The Labute approximate surface area is 308 Å². The monoisotopic (exact) mass is 715 g/mol. The van der Waals surface area contributed by atoms with Crippen molar-refractivity contribution in [1.82, 2.24) is 35.1 Å². The smallest absolute Gasteiger partial charge is 0.411 e. The zero-order valence-corrected chi connectivity index (χ0v) is 30.5. The molecule has 1 saturated carbocycles. The molecule has 3 amide bonds. The number of rotatable bonds is 7. The summed E-state index contributed by atoms with van der Waals surface area (Å²) in [5.74, 6) is 1.78. The molecule has 0 radical (unpaired) electrons. The molecular formula is C41H45N7O5. The number of methoxy groups -OCH3 is 1. The number of H-pyrrole nitrogens is 2. The van der Waals surface area contributed by atoms with Gasteiger partial charge in [-0.3, -0.25) is 9.69 Å². The highest BCUT2D eigenvalue weighted by Crippen LogP contribution is 2.50. The van der Waals surface area contributed by atoms with E-state index >= 15 is 0 Å². The van der Waals surface area contributed by atoms with Crippen LogP contribution < -0.4 is 5.32 Å². The summed E-state index contributed by atoms with van der Waals surface area (Å²) in [5.41, 5.74) is 5.53. The predicted octanol–water partition coefficient (Wildman–Crippen LogP) is 7.77. The highest BCUT2D eigenvalue weighted by molar-refractivity contribution is 5.90. The normalized spacial score (nSPS) is 21.0. The van der Waals surface area contributed by atoms with E-state index in [1.807, 2.05) is 38.1 Å². The Bertz CT molecular complexity index is 2170. The topological polar surface area (TPSA) is 146 Å². The molecule has 3 aliphatic rings. The number of likely N-dealkylation sites (tertiary alicyclic amines) is 2. The maximum Gasteiger partial charge on any atom is 0.411 e. The Hall–Kier alpha value is -5.65. The minimum absolute atomic E-state index is 0.0958. The van der Waals surface area contributed by atoms with E-state index in [0.717, 1.165) is 88.2 Å². The summed E-state index contributed by atoms with van der Waals surface area (Å²) in [6.45, 7) is 6.22. The summed E-state index contributed by atoms with van der Waals surface area (Å²) < 4.78 is 10.4. The van der Waals surface area contributed by atoms with Gasteiger partial charge in [-0.15, -0.1) is 0 Å². The van der Waals surface area contributed by atoms with Crippen LogP contribution in [0.1, 0.15) is 76.6 Å². The third kappa shape index (κ3) is 6.85. The van der Waals surface area contributed by atoms with Gasteiger partial charge in [0.25, 0.3) is 0 Å². The molecule has 1 aliphatic carbocycles. The Morgan fingerprint density at radius 1 is 0.830 bits per heavy atom. The molecule has 4 heterocycles. The molecule has 3 N–H and O–H groups in total. The van der Waals surface area contributed by atoms with Crippen molar-refractivity contribution >= 4 is 28.9 Å². The number of aromatic amines is 2. The van der Waals surface area contributed by atoms with E-state index in [1.54, 1.807) is 4.90 Å². The number of carbonyl (C=O) groups is 3. The van der Waals surface area contributed by atoms with Gasteiger partial charge in [0.15, 0.2) is 0 Å². The lowest BCUT2D eigenvalue weighted by molar-refractivity contribution is -0.131. The van der Waals surface area contributed by atoms with Gasteiger partial charge in [0.1, 0.15) is 23.8 Å². The first-order valence-corrected chi connectivity index (χ1v) is 18.4. The third-order valence-electron chi connectivity index (χ3n) is 10.8. The van der Waals surface area contributed by atoms with Crippen LogP contribution in [-0.4, -0.2) is 79.7 Å². The highest BCUT2D eigenvalue weighted by atomic mass is 16.6. The van der Waals surface area contributed by atoms with Crippen LogP contribution in [-0.2, 0) is 14.3 Å². The SMILES string of the molecule is COC(=O)NCC(=O)N1CCC[C@H]1c1ncc(-c2ccc3cc(-c4ccc(-c5cnc([C@@H]6[C@H]7CC[C@H](C7)N6C(=O)OC(C)(C)C)[nH]5)cc4)ccc3c2)[nH]1. The first kappa shape index (κ1) is 34.4. The fourth-order valence-electron chi connectivity index (χ4n) is 8.31. The molecule has 3 fully saturated rings. The third-order valence-corrected chi connectivity index (χ3v) is 10.8. The van der Waals surface area contributed by atoms with Crippen molar-refractivity contribution in [2.75, 3.05) is 20.2 Å². The van der Waals surface area contributed by atoms with E-state index in [9.17, 15) is 14.4 Å². The number of imidazole rings is 2. The largest absolute Gasteiger partial charge is 0.453 e. The molecule has 53 heavy (non-hydrogen) atoms. The lowest BCUT2D eigenvalue weighted by atomic mass is 9.98. The number of fused-ring (bicyclic) bond motifs is 3. The van der Waals surface area contributed by atoms with Gasteiger partial charge in [-0.25, -0.2) is 19.6 Å². The van der Waals surface area contributed by atoms with E-state index in [0.29, 0.717) is 12.5 Å². The van der Waals surface area contributed by atoms with Gasteiger partial charge in [0, 0.05) is 18.2 Å². The maximum absolute atomic E-state index is 13.2. The van der Waals surface area contributed by atoms with Gasteiger partial charge < -0.3 is 29.7 Å². The Balaban J connectivity index is 0.950. The fourth-order valence-corrected chi connectivity index (χ4v) is 8.31. The molecule has 2 saturated heterocycles. The van der Waals surface area contributed by atoms with Crippen LogP contribution in [0.4, 0.5) is 9.59 Å². The molecule has 2 bridgehead atoms. The second kappa shape index (κ2) is 13.7. The number of aromatic nitrogens is 4. The van der Waals surface area contributed by atoms with Crippen LogP contribution in [0.15, 0.2) is 73.1 Å². The van der Waals surface area contributed by atoms with Crippen molar-refractivity contribution in [3.05, 3.63) is 84.7 Å². The number of benzene rings is 3. The lowest BCUT2D eigenvalue weighted by Gasteiger charge is -2.35. The summed E-state index contributed by atoms with van der Waals surface area (Å²) in [6.07, 6.45) is 7.58. The number of amides is 3. The van der Waals surface area contributed by atoms with Crippen LogP contribution in [0.5, 0.6) is 0 Å². The van der Waals surface area contributed by atoms with Crippen molar-refractivity contribution in [1.29, 1.82) is 0 Å². The summed E-state index contributed by atoms with van der Waals surface area (Å²) in [4.78, 5) is 57.5. The minimum Gasteiger partial charge on any atom is -0.453 e. The van der Waals surface area contributed by atoms with Gasteiger partial charge in [0.05, 0.1) is 43.0 Å². The van der Waals surface area contributed by atoms with Crippen molar-refractivity contribution in [2.24, 2.45) is 5.92 Å². The second-order valence-electron chi connectivity index (χ2n) is 15.4. The van der Waals surface area contributed by atoms with E-state index < -0.39 is 11.7 Å². The second-order valence-corrected chi connectivity index (χ2v) is 15.4. The number of carbonyl (C=O) groups excluding carboxylic acids is 3. The zero-order valence-electron chi connectivity index (χ0n) is 30.5. The summed E-state index contributed by atoms with van der Waals surface area (Å²) >= 11 is 0. The fraction of sp³-hybridized carbons (Fsp3) is 0.390. The first-order chi connectivity index (χ1) is 25.5. The molecule has 12 nitrogen and oxygen atoms in total. The Kier molecular flexibility index (Phi) is 8.92. The lowest BCUT2D eigenvalue weighted by Crippen LogP contribution is -2.43. The van der Waals surface area contributed by atoms with Gasteiger partial charge >= 0.3 is 12.2 Å². The quantitative estimate of drug-likeness (QED) is 0.156. The van der Waals surface area contributed by atoms with Crippen LogP contribution in [0, 0.1) is 5.92 Å². The van der Waals surface area contributed by atoms with Crippen LogP contribution >= 0.6 is 0 Å². The summed E-state index contributed by atoms with van der Waals surface area (Å²) in [7, 11) is 1.27. The minimum atomic E-state index is -0.628. The number of alkyl carbamates (subject to hydrolysis) is 1. The number of hydrogen-bond acceptors (Lipinski definition) is 7. The molecule has 3 aromatic carbocycles. The number of hydrogen-bond donors (Lipinski definition) is 3. The van der Waals surface area contributed by atoms with Gasteiger partial charge in [-0.1, -0.05) is 48.5 Å². The summed E-state index contributed by atoms with van der Waals surface area (Å²) in [5, 5.41) is 4.71. The van der Waals surface area contributed by atoms with Crippen molar-refractivity contribution in [3.8, 4) is 33.6 Å². The molecule has 274 valence electrons. The maximum atomic E-state index is 13.2. The molecule has 2 aromatic heterocycles. The molecule has 12 heteroatoms. The highest BCUT2D eigenvalue weighted by Gasteiger charge is 2.51. The molecule has 4 atom stereocenters. The molecule has 2 aliphatic heterocycles. The number of piperidine rings is 1. The van der Waals surface area contributed by atoms with E-state index in [-0.39, 0.29) is 36.7 Å². The average Bonchev–Trinajstić information content (AvgIpc) is 4.00. The molecule has 0 spiro atoms. The van der Waals surface area contributed by atoms with Crippen LogP contribution in [0.3, 0.4) is 0 Å². The van der Waals surface area contributed by atoms with Crippen molar-refractivity contribution in [2.45, 2.75) is 76.6 Å².